The summed E-state index contributed by atoms with van der Waals surface area (Å²) in [5.74, 6) is -0.670. The number of piperidine rings is 1. The predicted octanol–water partition coefficient (Wildman–Crippen LogP) is 1.72. The second kappa shape index (κ2) is 4.61. The highest BCUT2D eigenvalue weighted by molar-refractivity contribution is 5.73. The van der Waals surface area contributed by atoms with Gasteiger partial charge in [0.05, 0.1) is 0 Å². The number of hydrogen-bond acceptors (Lipinski definition) is 2. The van der Waals surface area contributed by atoms with E-state index in [1.165, 1.54) is 6.42 Å². The van der Waals surface area contributed by atoms with E-state index in [-0.39, 0.29) is 6.04 Å². The number of likely N-dealkylation sites (tertiary alicyclic amines) is 1. The average molecular weight is 185 g/mol. The Bertz CT molecular complexity index is 182. The minimum Gasteiger partial charge on any atom is -0.480 e. The fraction of sp³-hybridized carbons (Fsp3) is 0.900. The number of hydrogen-bond donors (Lipinski definition) is 1. The molecule has 13 heavy (non-hydrogen) atoms. The maximum Gasteiger partial charge on any atom is 0.320 e. The minimum atomic E-state index is -0.670. The molecule has 0 radical (unpaired) electrons. The summed E-state index contributed by atoms with van der Waals surface area (Å²) >= 11 is 0. The van der Waals surface area contributed by atoms with Crippen LogP contribution >= 0.6 is 0 Å². The molecule has 0 saturated carbocycles. The predicted molar refractivity (Wildman–Crippen MR) is 51.7 cm³/mol. The first-order chi connectivity index (χ1) is 6.16. The number of aliphatic carboxylic acids is 1. The van der Waals surface area contributed by atoms with Crippen molar-refractivity contribution >= 4 is 5.97 Å². The third-order valence-electron chi connectivity index (χ3n) is 2.93. The van der Waals surface area contributed by atoms with E-state index in [9.17, 15) is 4.79 Å². The third kappa shape index (κ3) is 2.44. The molecule has 1 aliphatic rings. The summed E-state index contributed by atoms with van der Waals surface area (Å²) in [5.41, 5.74) is 0. The van der Waals surface area contributed by atoms with Crippen molar-refractivity contribution in [2.24, 2.45) is 0 Å². The highest BCUT2D eigenvalue weighted by Gasteiger charge is 2.29. The van der Waals surface area contributed by atoms with Crippen molar-refractivity contribution in [2.45, 2.75) is 51.6 Å². The molecule has 1 N–H and O–H groups in total. The van der Waals surface area contributed by atoms with Crippen LogP contribution in [0.4, 0.5) is 0 Å². The summed E-state index contributed by atoms with van der Waals surface area (Å²) in [4.78, 5) is 13.1. The minimum absolute atomic E-state index is 0.268. The van der Waals surface area contributed by atoms with Crippen LogP contribution in [0.15, 0.2) is 0 Å². The SMILES string of the molecule is CC[C@H](C(=O)O)N1CCCC[C@H]1C. The molecule has 1 rings (SSSR count). The van der Waals surface area contributed by atoms with Gasteiger partial charge < -0.3 is 5.11 Å². The fourth-order valence-corrected chi connectivity index (χ4v) is 2.13. The van der Waals surface area contributed by atoms with E-state index in [2.05, 4.69) is 11.8 Å². The second-order valence-corrected chi connectivity index (χ2v) is 3.84. The first kappa shape index (κ1) is 10.5. The average Bonchev–Trinajstić information content (AvgIpc) is 2.09. The fourth-order valence-electron chi connectivity index (χ4n) is 2.13. The van der Waals surface area contributed by atoms with Gasteiger partial charge in [-0.1, -0.05) is 13.3 Å². The summed E-state index contributed by atoms with van der Waals surface area (Å²) < 4.78 is 0. The number of carbonyl (C=O) groups is 1. The van der Waals surface area contributed by atoms with Gasteiger partial charge in [0, 0.05) is 6.04 Å². The Morgan fingerprint density at radius 1 is 1.62 bits per heavy atom. The Morgan fingerprint density at radius 3 is 2.77 bits per heavy atom. The van der Waals surface area contributed by atoms with Gasteiger partial charge in [0.15, 0.2) is 0 Å². The van der Waals surface area contributed by atoms with Crippen molar-refractivity contribution in [1.29, 1.82) is 0 Å². The Labute approximate surface area is 79.7 Å². The third-order valence-corrected chi connectivity index (χ3v) is 2.93. The molecule has 0 aromatic rings. The van der Waals surface area contributed by atoms with Crippen LogP contribution in [-0.2, 0) is 4.79 Å². The molecule has 0 unspecified atom stereocenters. The highest BCUT2D eigenvalue weighted by Crippen LogP contribution is 2.20. The Hall–Kier alpha value is -0.570. The molecule has 0 bridgehead atoms. The first-order valence-electron chi connectivity index (χ1n) is 5.15. The summed E-state index contributed by atoms with van der Waals surface area (Å²) in [6.07, 6.45) is 4.24. The van der Waals surface area contributed by atoms with Gasteiger partial charge in [0.2, 0.25) is 0 Å². The topological polar surface area (TPSA) is 40.5 Å². The maximum absolute atomic E-state index is 10.9. The second-order valence-electron chi connectivity index (χ2n) is 3.84. The van der Waals surface area contributed by atoms with Crippen LogP contribution in [0, 0.1) is 0 Å². The van der Waals surface area contributed by atoms with Gasteiger partial charge in [-0.15, -0.1) is 0 Å². The lowest BCUT2D eigenvalue weighted by Gasteiger charge is -2.37. The standard InChI is InChI=1S/C10H19NO2/c1-3-9(10(12)13)11-7-5-4-6-8(11)2/h8-9H,3-7H2,1-2H3,(H,12,13)/t8-,9-/m1/s1. The molecule has 0 spiro atoms. The lowest BCUT2D eigenvalue weighted by atomic mass is 10.0. The zero-order valence-electron chi connectivity index (χ0n) is 8.49. The van der Waals surface area contributed by atoms with E-state index in [0.717, 1.165) is 19.4 Å². The summed E-state index contributed by atoms with van der Waals surface area (Å²) in [6.45, 7) is 5.02. The monoisotopic (exact) mass is 185 g/mol. The zero-order valence-corrected chi connectivity index (χ0v) is 8.49. The molecule has 1 aliphatic heterocycles. The Kier molecular flexibility index (Phi) is 3.72. The summed E-state index contributed by atoms with van der Waals surface area (Å²) in [7, 11) is 0. The smallest absolute Gasteiger partial charge is 0.320 e. The molecule has 2 atom stereocenters. The van der Waals surface area contributed by atoms with Gasteiger partial charge in [-0.3, -0.25) is 9.69 Å². The summed E-state index contributed by atoms with van der Waals surface area (Å²) in [5, 5.41) is 9.00. The molecule has 0 aromatic carbocycles. The van der Waals surface area contributed by atoms with Crippen molar-refractivity contribution in [3.05, 3.63) is 0 Å². The van der Waals surface area contributed by atoms with Crippen LogP contribution in [0.25, 0.3) is 0 Å². The van der Waals surface area contributed by atoms with Crippen LogP contribution in [-0.4, -0.2) is 34.6 Å². The molecule has 1 fully saturated rings. The molecule has 1 saturated heterocycles. The van der Waals surface area contributed by atoms with Gasteiger partial charge in [-0.05, 0) is 32.7 Å². The molecule has 0 amide bonds. The molecule has 3 nitrogen and oxygen atoms in total. The van der Waals surface area contributed by atoms with Gasteiger partial charge >= 0.3 is 5.97 Å². The van der Waals surface area contributed by atoms with Crippen molar-refractivity contribution in [3.8, 4) is 0 Å². The van der Waals surface area contributed by atoms with Gasteiger partial charge in [-0.25, -0.2) is 0 Å². The van der Waals surface area contributed by atoms with E-state index in [4.69, 9.17) is 5.11 Å². The molecule has 0 aliphatic carbocycles. The Morgan fingerprint density at radius 2 is 2.31 bits per heavy atom. The van der Waals surface area contributed by atoms with Gasteiger partial charge in [0.25, 0.3) is 0 Å². The molecule has 0 aromatic heterocycles. The number of rotatable bonds is 3. The molecule has 1 heterocycles. The van der Waals surface area contributed by atoms with E-state index >= 15 is 0 Å². The number of carboxylic acid groups (broad SMARTS) is 1. The zero-order chi connectivity index (χ0) is 9.84. The van der Waals surface area contributed by atoms with E-state index in [1.54, 1.807) is 0 Å². The van der Waals surface area contributed by atoms with Crippen LogP contribution in [0.5, 0.6) is 0 Å². The lowest BCUT2D eigenvalue weighted by Crippen LogP contribution is -2.48. The van der Waals surface area contributed by atoms with E-state index in [0.29, 0.717) is 12.5 Å². The van der Waals surface area contributed by atoms with Crippen LogP contribution in [0.3, 0.4) is 0 Å². The molecule has 76 valence electrons. The van der Waals surface area contributed by atoms with Gasteiger partial charge in [-0.2, -0.15) is 0 Å². The van der Waals surface area contributed by atoms with Crippen molar-refractivity contribution in [1.82, 2.24) is 4.90 Å². The maximum atomic E-state index is 10.9. The first-order valence-corrected chi connectivity index (χ1v) is 5.15. The van der Waals surface area contributed by atoms with Crippen molar-refractivity contribution in [3.63, 3.8) is 0 Å². The summed E-state index contributed by atoms with van der Waals surface area (Å²) in [6, 6.07) is 0.171. The van der Waals surface area contributed by atoms with Crippen LogP contribution < -0.4 is 0 Å². The highest BCUT2D eigenvalue weighted by atomic mass is 16.4. The van der Waals surface area contributed by atoms with E-state index in [1.807, 2.05) is 6.92 Å². The molecular weight excluding hydrogens is 166 g/mol. The Balaban J connectivity index is 2.60. The van der Waals surface area contributed by atoms with Crippen LogP contribution in [0.1, 0.15) is 39.5 Å². The van der Waals surface area contributed by atoms with Crippen LogP contribution in [0.2, 0.25) is 0 Å². The van der Waals surface area contributed by atoms with Gasteiger partial charge in [0.1, 0.15) is 6.04 Å². The van der Waals surface area contributed by atoms with E-state index < -0.39 is 5.97 Å². The lowest BCUT2D eigenvalue weighted by molar-refractivity contribution is -0.145. The number of nitrogens with zero attached hydrogens (tertiary/aromatic N) is 1. The molecule has 3 heteroatoms. The quantitative estimate of drug-likeness (QED) is 0.728. The largest absolute Gasteiger partial charge is 0.480 e. The van der Waals surface area contributed by atoms with Crippen molar-refractivity contribution in [2.75, 3.05) is 6.54 Å². The normalized spacial score (nSPS) is 27.1. The molecular formula is C10H19NO2. The number of carboxylic acids is 1. The van der Waals surface area contributed by atoms with Crippen molar-refractivity contribution < 1.29 is 9.90 Å².